The molecule has 8 heteroatoms. The number of likely N-dealkylation sites (N-methyl/N-ethyl adjacent to an activating group) is 1. The summed E-state index contributed by atoms with van der Waals surface area (Å²) in [5.41, 5.74) is 2.51. The van der Waals surface area contributed by atoms with E-state index in [1.807, 2.05) is 31.9 Å². The molecule has 2 heterocycles. The zero-order valence-electron chi connectivity index (χ0n) is 17.0. The van der Waals surface area contributed by atoms with Crippen molar-refractivity contribution in [1.82, 2.24) is 14.8 Å². The van der Waals surface area contributed by atoms with E-state index in [1.54, 1.807) is 14.2 Å². The standard InChI is InChI=1S/C19H33FN4O3/c1-6-15(10-20)21-18-13(2)9-14(17(22-18)19(26-4)27-5)11-24-8-7-23(3)12-16(24)25/h9,15-16,19,25H,6-8,10-12H2,1-5H3,(H,21,22). The van der Waals surface area contributed by atoms with Crippen molar-refractivity contribution in [2.75, 3.05) is 52.9 Å². The van der Waals surface area contributed by atoms with Crippen molar-refractivity contribution in [3.05, 3.63) is 22.9 Å². The van der Waals surface area contributed by atoms with Gasteiger partial charge >= 0.3 is 0 Å². The van der Waals surface area contributed by atoms with Crippen molar-refractivity contribution in [3.63, 3.8) is 0 Å². The van der Waals surface area contributed by atoms with Gasteiger partial charge < -0.3 is 24.8 Å². The molecule has 1 aliphatic rings. The lowest BCUT2D eigenvalue weighted by molar-refractivity contribution is -0.110. The molecule has 0 amide bonds. The van der Waals surface area contributed by atoms with Gasteiger partial charge in [-0.15, -0.1) is 0 Å². The number of halogens is 1. The SMILES string of the molecule is CCC(CF)Nc1nc(C(OC)OC)c(CN2CCN(C)CC2O)cc1C. The summed E-state index contributed by atoms with van der Waals surface area (Å²) in [5, 5.41) is 13.6. The number of aryl methyl sites for hydroxylation is 1. The van der Waals surface area contributed by atoms with E-state index in [1.165, 1.54) is 0 Å². The highest BCUT2D eigenvalue weighted by Gasteiger charge is 2.26. The number of anilines is 1. The minimum atomic E-state index is -0.629. The fraction of sp³-hybridized carbons (Fsp3) is 0.737. The number of aliphatic hydroxyl groups excluding tert-OH is 1. The lowest BCUT2D eigenvalue weighted by Gasteiger charge is -2.37. The second-order valence-corrected chi connectivity index (χ2v) is 7.12. The van der Waals surface area contributed by atoms with Gasteiger partial charge in [-0.3, -0.25) is 4.90 Å². The summed E-state index contributed by atoms with van der Waals surface area (Å²) in [4.78, 5) is 8.83. The number of nitrogens with zero attached hydrogens (tertiary/aromatic N) is 3. The zero-order valence-corrected chi connectivity index (χ0v) is 17.0. The smallest absolute Gasteiger partial charge is 0.200 e. The van der Waals surface area contributed by atoms with Crippen molar-refractivity contribution in [1.29, 1.82) is 0 Å². The van der Waals surface area contributed by atoms with Crippen LogP contribution in [0.4, 0.5) is 10.2 Å². The Morgan fingerprint density at radius 2 is 2.07 bits per heavy atom. The molecule has 2 rings (SSSR count). The van der Waals surface area contributed by atoms with Gasteiger partial charge in [0.1, 0.15) is 24.4 Å². The minimum absolute atomic E-state index is 0.280. The number of aromatic nitrogens is 1. The Kier molecular flexibility index (Phi) is 8.37. The predicted octanol–water partition coefficient (Wildman–Crippen LogP) is 1.91. The van der Waals surface area contributed by atoms with Gasteiger partial charge in [0.2, 0.25) is 6.29 Å². The van der Waals surface area contributed by atoms with Gasteiger partial charge in [0, 0.05) is 40.4 Å². The van der Waals surface area contributed by atoms with Gasteiger partial charge in [-0.05, 0) is 37.6 Å². The molecule has 0 saturated carbocycles. The molecule has 27 heavy (non-hydrogen) atoms. The molecule has 1 aliphatic heterocycles. The fourth-order valence-electron chi connectivity index (χ4n) is 3.26. The molecule has 0 bridgehead atoms. The summed E-state index contributed by atoms with van der Waals surface area (Å²) in [6.07, 6.45) is -0.495. The Hall–Kier alpha value is -1.32. The molecule has 1 aromatic heterocycles. The zero-order chi connectivity index (χ0) is 20.0. The monoisotopic (exact) mass is 384 g/mol. The number of β-amino-alcohol motifs (C(OH)–C–C–N with tert-alkyl or cyclic N) is 1. The molecule has 1 saturated heterocycles. The van der Waals surface area contributed by atoms with Gasteiger partial charge in [0.15, 0.2) is 0 Å². The van der Waals surface area contributed by atoms with Gasteiger partial charge in [0.25, 0.3) is 0 Å². The van der Waals surface area contributed by atoms with Crippen LogP contribution in [0.1, 0.15) is 36.5 Å². The van der Waals surface area contributed by atoms with Crippen LogP contribution in [0.3, 0.4) is 0 Å². The van der Waals surface area contributed by atoms with Gasteiger partial charge in [-0.2, -0.15) is 0 Å². The number of pyridine rings is 1. The summed E-state index contributed by atoms with van der Waals surface area (Å²) in [6, 6.07) is 1.74. The molecular weight excluding hydrogens is 351 g/mol. The van der Waals surface area contributed by atoms with Crippen LogP contribution in [0.5, 0.6) is 0 Å². The third-order valence-electron chi connectivity index (χ3n) is 5.04. The van der Waals surface area contributed by atoms with E-state index in [-0.39, 0.29) is 6.04 Å². The first-order valence-electron chi connectivity index (χ1n) is 9.42. The Morgan fingerprint density at radius 1 is 1.37 bits per heavy atom. The number of ether oxygens (including phenoxy) is 2. The fourth-order valence-corrected chi connectivity index (χ4v) is 3.26. The van der Waals surface area contributed by atoms with Crippen LogP contribution in [0.25, 0.3) is 0 Å². The minimum Gasteiger partial charge on any atom is -0.377 e. The third kappa shape index (κ3) is 5.58. The molecule has 154 valence electrons. The maximum absolute atomic E-state index is 13.2. The second-order valence-electron chi connectivity index (χ2n) is 7.12. The van der Waals surface area contributed by atoms with Crippen LogP contribution in [0.2, 0.25) is 0 Å². The molecule has 0 aromatic carbocycles. The van der Waals surface area contributed by atoms with Gasteiger partial charge in [0.05, 0.1) is 6.04 Å². The quantitative estimate of drug-likeness (QED) is 0.630. The van der Waals surface area contributed by atoms with Crippen LogP contribution >= 0.6 is 0 Å². The Labute approximate surface area is 161 Å². The summed E-state index contributed by atoms with van der Waals surface area (Å²) < 4.78 is 24.0. The predicted molar refractivity (Wildman–Crippen MR) is 103 cm³/mol. The highest BCUT2D eigenvalue weighted by Crippen LogP contribution is 2.27. The Balaban J connectivity index is 2.33. The summed E-state index contributed by atoms with van der Waals surface area (Å²) in [5.74, 6) is 0.635. The van der Waals surface area contributed by atoms with Gasteiger partial charge in [-0.1, -0.05) is 6.92 Å². The van der Waals surface area contributed by atoms with Crippen molar-refractivity contribution >= 4 is 5.82 Å². The molecule has 2 atom stereocenters. The highest BCUT2D eigenvalue weighted by molar-refractivity contribution is 5.48. The maximum Gasteiger partial charge on any atom is 0.200 e. The largest absolute Gasteiger partial charge is 0.377 e. The number of hydrogen-bond acceptors (Lipinski definition) is 7. The number of piperazine rings is 1. The molecule has 0 aliphatic carbocycles. The van der Waals surface area contributed by atoms with Crippen molar-refractivity contribution in [3.8, 4) is 0 Å². The first-order valence-corrected chi connectivity index (χ1v) is 9.42. The molecular formula is C19H33FN4O3. The number of hydrogen-bond donors (Lipinski definition) is 2. The highest BCUT2D eigenvalue weighted by atomic mass is 19.1. The van der Waals surface area contributed by atoms with E-state index >= 15 is 0 Å². The number of alkyl halides is 1. The van der Waals surface area contributed by atoms with E-state index in [4.69, 9.17) is 14.5 Å². The number of nitrogens with one attached hydrogen (secondary N) is 1. The topological polar surface area (TPSA) is 70.1 Å². The van der Waals surface area contributed by atoms with E-state index in [9.17, 15) is 9.50 Å². The normalized spacial score (nSPS) is 20.2. The van der Waals surface area contributed by atoms with Crippen molar-refractivity contribution < 1.29 is 19.0 Å². The maximum atomic E-state index is 13.2. The third-order valence-corrected chi connectivity index (χ3v) is 5.04. The van der Waals surface area contributed by atoms with Crippen molar-refractivity contribution in [2.24, 2.45) is 0 Å². The molecule has 0 radical (unpaired) electrons. The van der Waals surface area contributed by atoms with Crippen molar-refractivity contribution in [2.45, 2.75) is 45.4 Å². The van der Waals surface area contributed by atoms with Crippen LogP contribution in [-0.2, 0) is 16.0 Å². The summed E-state index contributed by atoms with van der Waals surface area (Å²) >= 11 is 0. The average molecular weight is 384 g/mol. The van der Waals surface area contributed by atoms with Crippen LogP contribution in [-0.4, -0.2) is 79.7 Å². The number of aliphatic hydroxyl groups is 1. The molecule has 1 fully saturated rings. The van der Waals surface area contributed by atoms with Crippen LogP contribution in [0.15, 0.2) is 6.07 Å². The molecule has 1 aromatic rings. The van der Waals surface area contributed by atoms with Crippen LogP contribution in [0, 0.1) is 6.92 Å². The van der Waals surface area contributed by atoms with E-state index in [2.05, 4.69) is 10.2 Å². The van der Waals surface area contributed by atoms with Gasteiger partial charge in [-0.25, -0.2) is 9.37 Å². The summed E-state index contributed by atoms with van der Waals surface area (Å²) in [6.45, 7) is 6.23. The number of methoxy groups -OCH3 is 2. The molecule has 2 N–H and O–H groups in total. The summed E-state index contributed by atoms with van der Waals surface area (Å²) in [7, 11) is 5.13. The van der Waals surface area contributed by atoms with E-state index < -0.39 is 19.2 Å². The molecule has 0 spiro atoms. The Bertz CT molecular complexity index is 597. The lowest BCUT2D eigenvalue weighted by atomic mass is 10.1. The molecule has 2 unspecified atom stereocenters. The first-order chi connectivity index (χ1) is 12.9. The van der Waals surface area contributed by atoms with E-state index in [0.29, 0.717) is 31.0 Å². The number of rotatable bonds is 9. The lowest BCUT2D eigenvalue weighted by Crippen LogP contribution is -2.51. The van der Waals surface area contributed by atoms with E-state index in [0.717, 1.165) is 24.2 Å². The Morgan fingerprint density at radius 3 is 2.63 bits per heavy atom. The van der Waals surface area contributed by atoms with Crippen LogP contribution < -0.4 is 5.32 Å². The average Bonchev–Trinajstić information content (AvgIpc) is 2.65. The second kappa shape index (κ2) is 10.3. The molecule has 7 nitrogen and oxygen atoms in total. The first kappa shape index (κ1) is 22.0.